The lowest BCUT2D eigenvalue weighted by atomic mass is 9.87. The highest BCUT2D eigenvalue weighted by molar-refractivity contribution is 5.98. The van der Waals surface area contributed by atoms with Gasteiger partial charge in [0.2, 0.25) is 5.91 Å². The number of rotatable bonds is 10. The Labute approximate surface area is 200 Å². The van der Waals surface area contributed by atoms with Gasteiger partial charge in [-0.3, -0.25) is 4.79 Å². The molecule has 3 rings (SSSR count). The molecule has 1 unspecified atom stereocenters. The van der Waals surface area contributed by atoms with Gasteiger partial charge >= 0.3 is 5.97 Å². The van der Waals surface area contributed by atoms with Crippen LogP contribution in [0, 0.1) is 0 Å². The van der Waals surface area contributed by atoms with Crippen molar-refractivity contribution in [2.45, 2.75) is 32.6 Å². The van der Waals surface area contributed by atoms with Crippen molar-refractivity contribution in [3.05, 3.63) is 83.1 Å². The fourth-order valence-corrected chi connectivity index (χ4v) is 4.06. The molecule has 0 bridgehead atoms. The van der Waals surface area contributed by atoms with Gasteiger partial charge in [0.25, 0.3) is 0 Å². The minimum absolute atomic E-state index is 0.0407. The SMILES string of the molecule is C=CCC(c1ccc(C(=O)OC)cc1OC)c1c[nH]c2ccc(/C=C(\C)C(=O)NCCC)cc12. The van der Waals surface area contributed by atoms with Crippen LogP contribution < -0.4 is 10.1 Å². The van der Waals surface area contributed by atoms with Crippen molar-refractivity contribution in [3.63, 3.8) is 0 Å². The Bertz CT molecular complexity index is 1220. The molecule has 34 heavy (non-hydrogen) atoms. The molecule has 0 radical (unpaired) electrons. The number of fused-ring (bicyclic) bond motifs is 1. The number of carbonyl (C=O) groups excluding carboxylic acids is 2. The van der Waals surface area contributed by atoms with Gasteiger partial charge < -0.3 is 19.8 Å². The molecule has 178 valence electrons. The summed E-state index contributed by atoms with van der Waals surface area (Å²) in [6.07, 6.45) is 7.35. The van der Waals surface area contributed by atoms with Crippen molar-refractivity contribution in [2.75, 3.05) is 20.8 Å². The minimum Gasteiger partial charge on any atom is -0.496 e. The van der Waals surface area contributed by atoms with Gasteiger partial charge in [-0.05, 0) is 61.2 Å². The van der Waals surface area contributed by atoms with E-state index in [9.17, 15) is 9.59 Å². The van der Waals surface area contributed by atoms with E-state index >= 15 is 0 Å². The molecule has 0 saturated carbocycles. The van der Waals surface area contributed by atoms with Crippen LogP contribution in [0.1, 0.15) is 59.7 Å². The molecule has 6 heteroatoms. The normalized spacial score (nSPS) is 12.3. The van der Waals surface area contributed by atoms with Crippen LogP contribution in [-0.4, -0.2) is 37.6 Å². The van der Waals surface area contributed by atoms with Gasteiger partial charge in [0.1, 0.15) is 5.75 Å². The van der Waals surface area contributed by atoms with Gasteiger partial charge in [0.05, 0.1) is 19.8 Å². The van der Waals surface area contributed by atoms with Gasteiger partial charge in [0, 0.05) is 40.7 Å². The number of hydrogen-bond acceptors (Lipinski definition) is 4. The summed E-state index contributed by atoms with van der Waals surface area (Å²) in [7, 11) is 2.95. The summed E-state index contributed by atoms with van der Waals surface area (Å²) in [6.45, 7) is 8.46. The third kappa shape index (κ3) is 5.39. The number of aromatic nitrogens is 1. The van der Waals surface area contributed by atoms with Crippen LogP contribution in [0.15, 0.2) is 60.8 Å². The number of nitrogens with one attached hydrogen (secondary N) is 2. The number of amides is 1. The molecule has 2 N–H and O–H groups in total. The molecular formula is C28H32N2O4. The Morgan fingerprint density at radius 2 is 1.94 bits per heavy atom. The van der Waals surface area contributed by atoms with Crippen LogP contribution >= 0.6 is 0 Å². The Kier molecular flexibility index (Phi) is 8.30. The number of H-pyrrole nitrogens is 1. The van der Waals surface area contributed by atoms with Crippen molar-refractivity contribution in [2.24, 2.45) is 0 Å². The van der Waals surface area contributed by atoms with Gasteiger partial charge in [-0.1, -0.05) is 25.1 Å². The summed E-state index contributed by atoms with van der Waals surface area (Å²) in [5.41, 5.74) is 5.08. The number of methoxy groups -OCH3 is 2. The second-order valence-corrected chi connectivity index (χ2v) is 8.16. The molecule has 1 heterocycles. The number of carbonyl (C=O) groups is 2. The van der Waals surface area contributed by atoms with Crippen molar-refractivity contribution >= 4 is 28.9 Å². The van der Waals surface area contributed by atoms with E-state index in [4.69, 9.17) is 9.47 Å². The zero-order valence-electron chi connectivity index (χ0n) is 20.2. The molecule has 0 aliphatic carbocycles. The quantitative estimate of drug-likeness (QED) is 0.234. The topological polar surface area (TPSA) is 80.4 Å². The largest absolute Gasteiger partial charge is 0.496 e. The first-order chi connectivity index (χ1) is 16.4. The van der Waals surface area contributed by atoms with E-state index in [-0.39, 0.29) is 11.8 Å². The summed E-state index contributed by atoms with van der Waals surface area (Å²) in [6, 6.07) is 11.5. The van der Waals surface area contributed by atoms with E-state index in [0.29, 0.717) is 29.9 Å². The first-order valence-electron chi connectivity index (χ1n) is 11.4. The number of ether oxygens (including phenoxy) is 2. The third-order valence-corrected chi connectivity index (χ3v) is 5.82. The van der Waals surface area contributed by atoms with E-state index in [0.717, 1.165) is 34.0 Å². The molecular weight excluding hydrogens is 428 g/mol. The van der Waals surface area contributed by atoms with Crippen molar-refractivity contribution in [3.8, 4) is 5.75 Å². The van der Waals surface area contributed by atoms with Crippen LogP contribution in [-0.2, 0) is 9.53 Å². The predicted molar refractivity (Wildman–Crippen MR) is 136 cm³/mol. The molecule has 0 saturated heterocycles. The van der Waals surface area contributed by atoms with E-state index in [1.54, 1.807) is 19.2 Å². The van der Waals surface area contributed by atoms with Crippen LogP contribution in [0.25, 0.3) is 17.0 Å². The highest BCUT2D eigenvalue weighted by Gasteiger charge is 2.22. The summed E-state index contributed by atoms with van der Waals surface area (Å²) in [5, 5.41) is 3.97. The first kappa shape index (κ1) is 24.8. The zero-order chi connectivity index (χ0) is 24.7. The zero-order valence-corrected chi connectivity index (χ0v) is 20.2. The fraction of sp³-hybridized carbons (Fsp3) is 0.286. The monoisotopic (exact) mass is 460 g/mol. The van der Waals surface area contributed by atoms with E-state index in [2.05, 4.69) is 22.9 Å². The van der Waals surface area contributed by atoms with Crippen LogP contribution in [0.4, 0.5) is 0 Å². The Balaban J connectivity index is 2.05. The summed E-state index contributed by atoms with van der Waals surface area (Å²) in [5.74, 6) is 0.104. The summed E-state index contributed by atoms with van der Waals surface area (Å²) < 4.78 is 10.5. The molecule has 6 nitrogen and oxygen atoms in total. The molecule has 1 atom stereocenters. The van der Waals surface area contributed by atoms with Crippen molar-refractivity contribution in [1.82, 2.24) is 10.3 Å². The third-order valence-electron chi connectivity index (χ3n) is 5.82. The van der Waals surface area contributed by atoms with E-state index in [1.165, 1.54) is 7.11 Å². The number of benzene rings is 2. The van der Waals surface area contributed by atoms with Crippen LogP contribution in [0.5, 0.6) is 5.75 Å². The summed E-state index contributed by atoms with van der Waals surface area (Å²) in [4.78, 5) is 27.6. The molecule has 0 spiro atoms. The second-order valence-electron chi connectivity index (χ2n) is 8.16. The lowest BCUT2D eigenvalue weighted by molar-refractivity contribution is -0.117. The van der Waals surface area contributed by atoms with Gasteiger partial charge in [0.15, 0.2) is 0 Å². The van der Waals surface area contributed by atoms with Gasteiger partial charge in [-0.15, -0.1) is 6.58 Å². The Morgan fingerprint density at radius 3 is 2.62 bits per heavy atom. The van der Waals surface area contributed by atoms with Crippen molar-refractivity contribution in [1.29, 1.82) is 0 Å². The Hall–Kier alpha value is -3.80. The first-order valence-corrected chi connectivity index (χ1v) is 11.4. The van der Waals surface area contributed by atoms with Crippen LogP contribution in [0.2, 0.25) is 0 Å². The summed E-state index contributed by atoms with van der Waals surface area (Å²) >= 11 is 0. The highest BCUT2D eigenvalue weighted by Crippen LogP contribution is 2.39. The Morgan fingerprint density at radius 1 is 1.15 bits per heavy atom. The van der Waals surface area contributed by atoms with Crippen LogP contribution in [0.3, 0.4) is 0 Å². The standard InChI is InChI=1S/C28H32N2O4/c1-6-8-21(22-11-10-20(28(32)34-5)16-26(22)33-4)24-17-30-25-12-9-19(15-23(24)25)14-18(3)27(31)29-13-7-2/h6,9-12,14-17,21,30H,1,7-8,13H2,2-5H3,(H,29,31)/b18-14+. The van der Waals surface area contributed by atoms with Crippen molar-refractivity contribution < 1.29 is 19.1 Å². The van der Waals surface area contributed by atoms with Gasteiger partial charge in [-0.2, -0.15) is 0 Å². The minimum atomic E-state index is -0.410. The maximum absolute atomic E-state index is 12.3. The number of hydrogen-bond donors (Lipinski definition) is 2. The number of esters is 1. The maximum atomic E-state index is 12.3. The molecule has 0 aliphatic rings. The number of allylic oxidation sites excluding steroid dienone is 1. The number of aromatic amines is 1. The molecule has 2 aromatic carbocycles. The highest BCUT2D eigenvalue weighted by atomic mass is 16.5. The molecule has 3 aromatic rings. The average Bonchev–Trinajstić information content (AvgIpc) is 3.27. The lowest BCUT2D eigenvalue weighted by Crippen LogP contribution is -2.24. The molecule has 1 amide bonds. The average molecular weight is 461 g/mol. The molecule has 0 fully saturated rings. The second kappa shape index (κ2) is 11.4. The van der Waals surface area contributed by atoms with E-state index in [1.807, 2.05) is 50.4 Å². The maximum Gasteiger partial charge on any atom is 0.337 e. The lowest BCUT2D eigenvalue weighted by Gasteiger charge is -2.19. The molecule has 1 aromatic heterocycles. The fourth-order valence-electron chi connectivity index (χ4n) is 4.06. The predicted octanol–water partition coefficient (Wildman–Crippen LogP) is 5.60. The van der Waals surface area contributed by atoms with Gasteiger partial charge in [-0.25, -0.2) is 4.79 Å². The molecule has 0 aliphatic heterocycles. The smallest absolute Gasteiger partial charge is 0.337 e. The van der Waals surface area contributed by atoms with E-state index < -0.39 is 5.97 Å².